The molecule has 0 aliphatic carbocycles. The molecule has 4 nitrogen and oxygen atoms in total. The van der Waals surface area contributed by atoms with Crippen molar-refractivity contribution < 1.29 is 14.4 Å². The van der Waals surface area contributed by atoms with Crippen molar-refractivity contribution in [3.8, 4) is 0 Å². The fraction of sp³-hybridized carbons (Fsp3) is 0.364. The Hall–Kier alpha value is -0.750. The van der Waals surface area contributed by atoms with Crippen LogP contribution in [0.1, 0.15) is 10.4 Å². The van der Waals surface area contributed by atoms with Crippen molar-refractivity contribution in [2.45, 2.75) is 4.90 Å². The van der Waals surface area contributed by atoms with Gasteiger partial charge in [0, 0.05) is 12.0 Å². The van der Waals surface area contributed by atoms with E-state index in [0.717, 1.165) is 4.90 Å². The van der Waals surface area contributed by atoms with Crippen LogP contribution in [0.4, 0.5) is 0 Å². The minimum Gasteiger partial charge on any atom is -0.382 e. The van der Waals surface area contributed by atoms with E-state index in [1.807, 2.05) is 12.3 Å². The van der Waals surface area contributed by atoms with Gasteiger partial charge in [0.2, 0.25) is 0 Å². The Morgan fingerprint density at radius 2 is 2.24 bits per heavy atom. The molecule has 0 saturated carbocycles. The molecule has 0 radical (unpaired) electrons. The number of benzene rings is 1. The van der Waals surface area contributed by atoms with Crippen molar-refractivity contribution in [3.63, 3.8) is 0 Å². The zero-order chi connectivity index (χ0) is 12.7. The van der Waals surface area contributed by atoms with Crippen molar-refractivity contribution >= 4 is 29.3 Å². The van der Waals surface area contributed by atoms with Gasteiger partial charge in [0.1, 0.15) is 0 Å². The number of hydrogen-bond donors (Lipinski definition) is 1. The van der Waals surface area contributed by atoms with E-state index in [1.165, 1.54) is 0 Å². The van der Waals surface area contributed by atoms with Gasteiger partial charge in [-0.3, -0.25) is 9.63 Å². The van der Waals surface area contributed by atoms with Crippen LogP contribution in [0, 0.1) is 0 Å². The number of amides is 1. The third-order valence-corrected chi connectivity index (χ3v) is 3.03. The number of hydroxylamine groups is 1. The van der Waals surface area contributed by atoms with Crippen LogP contribution >= 0.6 is 23.4 Å². The second-order valence-electron chi connectivity index (χ2n) is 3.12. The SMILES string of the molecule is COCCONC(=O)c1cc(SC)ccc1Cl. The van der Waals surface area contributed by atoms with Crippen LogP contribution in [-0.2, 0) is 9.57 Å². The first kappa shape index (κ1) is 14.3. The van der Waals surface area contributed by atoms with Crippen LogP contribution in [0.25, 0.3) is 0 Å². The molecule has 0 saturated heterocycles. The fourth-order valence-electron chi connectivity index (χ4n) is 1.10. The molecule has 0 aromatic heterocycles. The summed E-state index contributed by atoms with van der Waals surface area (Å²) < 4.78 is 4.78. The lowest BCUT2D eigenvalue weighted by molar-refractivity contribution is 0.00888. The Morgan fingerprint density at radius 1 is 1.47 bits per heavy atom. The average Bonchev–Trinajstić information content (AvgIpc) is 2.35. The molecule has 1 N–H and O–H groups in total. The van der Waals surface area contributed by atoms with Crippen molar-refractivity contribution in [1.29, 1.82) is 0 Å². The minimum atomic E-state index is -0.359. The number of hydrogen-bond acceptors (Lipinski definition) is 4. The Balaban J connectivity index is 2.61. The van der Waals surface area contributed by atoms with Gasteiger partial charge in [0.25, 0.3) is 5.91 Å². The van der Waals surface area contributed by atoms with Gasteiger partial charge in [-0.05, 0) is 24.5 Å². The largest absolute Gasteiger partial charge is 0.382 e. The quantitative estimate of drug-likeness (QED) is 0.492. The first-order valence-electron chi connectivity index (χ1n) is 4.93. The standard InChI is InChI=1S/C11H14ClNO3S/c1-15-5-6-16-13-11(14)9-7-8(17-2)3-4-10(9)12/h3-4,7H,5-6H2,1-2H3,(H,13,14). The van der Waals surface area contributed by atoms with Gasteiger partial charge in [0.05, 0.1) is 23.8 Å². The van der Waals surface area contributed by atoms with Crippen molar-refractivity contribution in [3.05, 3.63) is 28.8 Å². The predicted octanol–water partition coefficient (Wildman–Crippen LogP) is 2.37. The maximum Gasteiger partial charge on any atom is 0.276 e. The highest BCUT2D eigenvalue weighted by Gasteiger charge is 2.11. The van der Waals surface area contributed by atoms with Gasteiger partial charge in [-0.1, -0.05) is 11.6 Å². The molecule has 1 aromatic rings. The zero-order valence-corrected chi connectivity index (χ0v) is 11.2. The molecule has 0 unspecified atom stereocenters. The fourth-order valence-corrected chi connectivity index (χ4v) is 1.75. The Morgan fingerprint density at radius 3 is 2.88 bits per heavy atom. The van der Waals surface area contributed by atoms with E-state index >= 15 is 0 Å². The maximum atomic E-state index is 11.7. The van der Waals surface area contributed by atoms with Crippen LogP contribution in [0.15, 0.2) is 23.1 Å². The van der Waals surface area contributed by atoms with E-state index in [1.54, 1.807) is 31.0 Å². The summed E-state index contributed by atoms with van der Waals surface area (Å²) in [4.78, 5) is 17.6. The highest BCUT2D eigenvalue weighted by Crippen LogP contribution is 2.22. The first-order chi connectivity index (χ1) is 8.19. The predicted molar refractivity (Wildman–Crippen MR) is 68.5 cm³/mol. The Bertz CT molecular complexity index is 387. The topological polar surface area (TPSA) is 47.6 Å². The number of rotatable bonds is 6. The van der Waals surface area contributed by atoms with Gasteiger partial charge in [-0.25, -0.2) is 5.48 Å². The number of nitrogens with one attached hydrogen (secondary N) is 1. The number of ether oxygens (including phenoxy) is 1. The number of carbonyl (C=O) groups excluding carboxylic acids is 1. The molecule has 1 amide bonds. The molecule has 0 aliphatic heterocycles. The highest BCUT2D eigenvalue weighted by atomic mass is 35.5. The summed E-state index contributed by atoms with van der Waals surface area (Å²) in [5.74, 6) is -0.359. The summed E-state index contributed by atoms with van der Waals surface area (Å²) in [6.07, 6.45) is 1.93. The van der Waals surface area contributed by atoms with Crippen molar-refractivity contribution in [2.24, 2.45) is 0 Å². The number of methoxy groups -OCH3 is 1. The third-order valence-electron chi connectivity index (χ3n) is 1.97. The lowest BCUT2D eigenvalue weighted by atomic mass is 10.2. The van der Waals surface area contributed by atoms with Crippen LogP contribution in [0.2, 0.25) is 5.02 Å². The average molecular weight is 276 g/mol. The lowest BCUT2D eigenvalue weighted by Gasteiger charge is -2.07. The van der Waals surface area contributed by atoms with Crippen molar-refractivity contribution in [2.75, 3.05) is 26.6 Å². The molecular formula is C11H14ClNO3S. The molecule has 0 aliphatic rings. The molecule has 17 heavy (non-hydrogen) atoms. The maximum absolute atomic E-state index is 11.7. The molecule has 1 rings (SSSR count). The summed E-state index contributed by atoms with van der Waals surface area (Å²) >= 11 is 7.48. The van der Waals surface area contributed by atoms with E-state index in [0.29, 0.717) is 23.8 Å². The first-order valence-corrected chi connectivity index (χ1v) is 6.54. The number of thioether (sulfide) groups is 1. The molecule has 0 atom stereocenters. The highest BCUT2D eigenvalue weighted by molar-refractivity contribution is 7.98. The molecule has 0 bridgehead atoms. The van der Waals surface area contributed by atoms with Crippen LogP contribution in [0.3, 0.4) is 0 Å². The molecule has 0 heterocycles. The zero-order valence-electron chi connectivity index (χ0n) is 9.66. The van der Waals surface area contributed by atoms with Crippen LogP contribution in [-0.4, -0.2) is 32.5 Å². The summed E-state index contributed by atoms with van der Waals surface area (Å²) in [6.45, 7) is 0.709. The Kier molecular flexibility index (Phi) is 6.36. The second kappa shape index (κ2) is 7.55. The van der Waals surface area contributed by atoms with Gasteiger partial charge in [-0.15, -0.1) is 11.8 Å². The van der Waals surface area contributed by atoms with Crippen LogP contribution < -0.4 is 5.48 Å². The normalized spacial score (nSPS) is 10.3. The van der Waals surface area contributed by atoms with E-state index in [9.17, 15) is 4.79 Å². The summed E-state index contributed by atoms with van der Waals surface area (Å²) in [6, 6.07) is 5.27. The van der Waals surface area contributed by atoms with E-state index in [-0.39, 0.29) is 5.91 Å². The van der Waals surface area contributed by atoms with E-state index in [2.05, 4.69) is 5.48 Å². The van der Waals surface area contributed by atoms with Gasteiger partial charge in [-0.2, -0.15) is 0 Å². The third kappa shape index (κ3) is 4.55. The molecule has 0 fully saturated rings. The van der Waals surface area contributed by atoms with Gasteiger partial charge >= 0.3 is 0 Å². The van der Waals surface area contributed by atoms with E-state index in [4.69, 9.17) is 21.2 Å². The molecule has 1 aromatic carbocycles. The monoisotopic (exact) mass is 275 g/mol. The second-order valence-corrected chi connectivity index (χ2v) is 4.41. The molecule has 0 spiro atoms. The van der Waals surface area contributed by atoms with Gasteiger partial charge < -0.3 is 4.74 Å². The van der Waals surface area contributed by atoms with Gasteiger partial charge in [0.15, 0.2) is 0 Å². The number of halogens is 1. The smallest absolute Gasteiger partial charge is 0.276 e. The minimum absolute atomic E-state index is 0.294. The van der Waals surface area contributed by atoms with E-state index < -0.39 is 0 Å². The molecule has 6 heteroatoms. The Labute approximate surface area is 110 Å². The summed E-state index contributed by atoms with van der Waals surface area (Å²) in [5, 5.41) is 0.399. The lowest BCUT2D eigenvalue weighted by Crippen LogP contribution is -2.25. The van der Waals surface area contributed by atoms with Crippen molar-refractivity contribution in [1.82, 2.24) is 5.48 Å². The van der Waals surface area contributed by atoms with Crippen LogP contribution in [0.5, 0.6) is 0 Å². The number of carbonyl (C=O) groups is 1. The molecular weight excluding hydrogens is 262 g/mol. The summed E-state index contributed by atoms with van der Waals surface area (Å²) in [7, 11) is 1.56. The molecule has 94 valence electrons. The summed E-state index contributed by atoms with van der Waals surface area (Å²) in [5.41, 5.74) is 2.71.